The molecular weight excluding hydrogens is 130 g/mol. The van der Waals surface area contributed by atoms with Gasteiger partial charge in [-0.15, -0.1) is 0 Å². The Bertz CT molecular complexity index is 197. The van der Waals surface area contributed by atoms with Gasteiger partial charge in [0.2, 0.25) is 0 Å². The topological polar surface area (TPSA) is 39.9 Å². The number of ether oxygens (including phenoxy) is 1. The van der Waals surface area contributed by atoms with Crippen LogP contribution in [0.3, 0.4) is 0 Å². The normalized spacial score (nSPS) is 10.2. The average Bonchev–Trinajstić information content (AvgIpc) is 2.37. The lowest BCUT2D eigenvalue weighted by Crippen LogP contribution is -2.00. The summed E-state index contributed by atoms with van der Waals surface area (Å²) in [5, 5.41) is 4.04. The highest BCUT2D eigenvalue weighted by molar-refractivity contribution is 4.81. The van der Waals surface area contributed by atoms with Crippen molar-refractivity contribution >= 4 is 0 Å². The second kappa shape index (κ2) is 3.31. The van der Waals surface area contributed by atoms with Crippen LogP contribution in [-0.2, 0) is 17.9 Å². The lowest BCUT2D eigenvalue weighted by atomic mass is 10.5. The predicted molar refractivity (Wildman–Crippen MR) is 36.1 cm³/mol. The van der Waals surface area contributed by atoms with E-state index in [9.17, 15) is 0 Å². The Labute approximate surface area is 59.8 Å². The number of rotatable bonds is 3. The molecule has 4 heteroatoms. The molecule has 0 N–H and O–H groups in total. The predicted octanol–water partition coefficient (Wildman–Crippen LogP) is 0.259. The van der Waals surface area contributed by atoms with Gasteiger partial charge in [0.05, 0.1) is 0 Å². The van der Waals surface area contributed by atoms with E-state index in [1.54, 1.807) is 18.1 Å². The van der Waals surface area contributed by atoms with E-state index < -0.39 is 0 Å². The van der Waals surface area contributed by atoms with E-state index >= 15 is 0 Å². The van der Waals surface area contributed by atoms with Crippen LogP contribution in [0.25, 0.3) is 0 Å². The molecule has 1 heterocycles. The van der Waals surface area contributed by atoms with E-state index in [0.29, 0.717) is 13.2 Å². The van der Waals surface area contributed by atoms with Crippen molar-refractivity contribution in [1.29, 1.82) is 0 Å². The fourth-order valence-electron chi connectivity index (χ4n) is 0.642. The highest BCUT2D eigenvalue weighted by Gasteiger charge is 1.94. The van der Waals surface area contributed by atoms with Crippen LogP contribution < -0.4 is 0 Å². The van der Waals surface area contributed by atoms with Crippen LogP contribution in [0.4, 0.5) is 0 Å². The molecule has 1 rings (SSSR count). The van der Waals surface area contributed by atoms with Crippen molar-refractivity contribution in [2.75, 3.05) is 7.11 Å². The molecule has 0 aliphatic heterocycles. The minimum atomic E-state index is 0.451. The highest BCUT2D eigenvalue weighted by atomic mass is 16.5. The molecule has 0 saturated heterocycles. The highest BCUT2D eigenvalue weighted by Crippen LogP contribution is 1.89. The number of hydrogen-bond donors (Lipinski definition) is 0. The molecular formula is C6H10N3O. The Balaban J connectivity index is 2.59. The molecule has 55 valence electrons. The van der Waals surface area contributed by atoms with Crippen molar-refractivity contribution in [3.8, 4) is 0 Å². The molecule has 0 amide bonds. The number of aromatic nitrogens is 3. The molecule has 0 atom stereocenters. The molecule has 0 fully saturated rings. The minimum absolute atomic E-state index is 0.451. The van der Waals surface area contributed by atoms with Crippen molar-refractivity contribution in [1.82, 2.24) is 14.8 Å². The molecule has 0 saturated carbocycles. The van der Waals surface area contributed by atoms with Crippen molar-refractivity contribution in [3.05, 3.63) is 19.1 Å². The summed E-state index contributed by atoms with van der Waals surface area (Å²) in [5.74, 6) is 0.747. The van der Waals surface area contributed by atoms with E-state index in [1.807, 2.05) is 0 Å². The maximum absolute atomic E-state index is 4.83. The molecule has 1 aromatic heterocycles. The van der Waals surface area contributed by atoms with Gasteiger partial charge in [-0.05, 0) is 6.92 Å². The SMILES string of the molecule is [CH2]Cc1ncn(COC)n1. The zero-order valence-electron chi connectivity index (χ0n) is 5.95. The van der Waals surface area contributed by atoms with E-state index in [4.69, 9.17) is 4.74 Å². The van der Waals surface area contributed by atoms with Gasteiger partial charge in [-0.3, -0.25) is 0 Å². The van der Waals surface area contributed by atoms with Gasteiger partial charge in [-0.2, -0.15) is 5.10 Å². The molecule has 1 aromatic rings. The third-order valence-electron chi connectivity index (χ3n) is 1.07. The first-order valence-electron chi connectivity index (χ1n) is 3.03. The van der Waals surface area contributed by atoms with Gasteiger partial charge >= 0.3 is 0 Å². The van der Waals surface area contributed by atoms with Crippen molar-refractivity contribution in [2.45, 2.75) is 13.2 Å². The van der Waals surface area contributed by atoms with Gasteiger partial charge < -0.3 is 4.74 Å². The lowest BCUT2D eigenvalue weighted by Gasteiger charge is -1.94. The zero-order chi connectivity index (χ0) is 7.40. The Morgan fingerprint density at radius 3 is 3.10 bits per heavy atom. The van der Waals surface area contributed by atoms with Gasteiger partial charge in [0.15, 0.2) is 5.82 Å². The second-order valence-electron chi connectivity index (χ2n) is 1.87. The monoisotopic (exact) mass is 140 g/mol. The van der Waals surface area contributed by atoms with E-state index in [2.05, 4.69) is 17.0 Å². The van der Waals surface area contributed by atoms with Crippen LogP contribution in [0, 0.1) is 6.92 Å². The minimum Gasteiger partial charge on any atom is -0.362 e. The largest absolute Gasteiger partial charge is 0.362 e. The van der Waals surface area contributed by atoms with E-state index in [1.165, 1.54) is 0 Å². The van der Waals surface area contributed by atoms with E-state index in [-0.39, 0.29) is 0 Å². The zero-order valence-corrected chi connectivity index (χ0v) is 5.95. The standard InChI is InChI=1S/C6H10N3O/c1-3-6-7-4-9(8-6)5-10-2/h4H,1,3,5H2,2H3. The van der Waals surface area contributed by atoms with Crippen LogP contribution in [0.1, 0.15) is 5.82 Å². The Hall–Kier alpha value is -0.900. The smallest absolute Gasteiger partial charge is 0.150 e. The first-order chi connectivity index (χ1) is 4.86. The molecule has 0 bridgehead atoms. The summed E-state index contributed by atoms with van der Waals surface area (Å²) in [6, 6.07) is 0. The van der Waals surface area contributed by atoms with Gasteiger partial charge in [0.25, 0.3) is 0 Å². The van der Waals surface area contributed by atoms with Gasteiger partial charge in [-0.25, -0.2) is 9.67 Å². The van der Waals surface area contributed by atoms with Crippen LogP contribution >= 0.6 is 0 Å². The molecule has 4 nitrogen and oxygen atoms in total. The summed E-state index contributed by atoms with van der Waals surface area (Å²) >= 11 is 0. The molecule has 1 radical (unpaired) electrons. The summed E-state index contributed by atoms with van der Waals surface area (Å²) in [7, 11) is 1.62. The number of nitrogens with zero attached hydrogens (tertiary/aromatic N) is 3. The molecule has 0 aromatic carbocycles. The Morgan fingerprint density at radius 1 is 1.80 bits per heavy atom. The van der Waals surface area contributed by atoms with Crippen LogP contribution in [0.15, 0.2) is 6.33 Å². The fourth-order valence-corrected chi connectivity index (χ4v) is 0.642. The summed E-state index contributed by atoms with van der Waals surface area (Å²) in [6.45, 7) is 4.10. The summed E-state index contributed by atoms with van der Waals surface area (Å²) in [4.78, 5) is 3.96. The number of hydrogen-bond acceptors (Lipinski definition) is 3. The van der Waals surface area contributed by atoms with E-state index in [0.717, 1.165) is 5.82 Å². The average molecular weight is 140 g/mol. The third kappa shape index (κ3) is 1.54. The molecule has 10 heavy (non-hydrogen) atoms. The molecule has 0 aliphatic rings. The Morgan fingerprint density at radius 2 is 2.60 bits per heavy atom. The lowest BCUT2D eigenvalue weighted by molar-refractivity contribution is 0.120. The summed E-state index contributed by atoms with van der Waals surface area (Å²) < 4.78 is 6.45. The quantitative estimate of drug-likeness (QED) is 0.604. The molecule has 0 unspecified atom stereocenters. The van der Waals surface area contributed by atoms with Gasteiger partial charge in [0.1, 0.15) is 13.1 Å². The molecule has 0 spiro atoms. The number of methoxy groups -OCH3 is 1. The maximum Gasteiger partial charge on any atom is 0.150 e. The maximum atomic E-state index is 4.83. The van der Waals surface area contributed by atoms with Crippen molar-refractivity contribution in [2.24, 2.45) is 0 Å². The van der Waals surface area contributed by atoms with Crippen LogP contribution in [-0.4, -0.2) is 21.9 Å². The molecule has 0 aliphatic carbocycles. The summed E-state index contributed by atoms with van der Waals surface area (Å²) in [5.41, 5.74) is 0. The van der Waals surface area contributed by atoms with Gasteiger partial charge in [-0.1, -0.05) is 0 Å². The summed E-state index contributed by atoms with van der Waals surface area (Å²) in [6.07, 6.45) is 2.25. The fraction of sp³-hybridized carbons (Fsp3) is 0.500. The van der Waals surface area contributed by atoms with Gasteiger partial charge in [0, 0.05) is 13.5 Å². The van der Waals surface area contributed by atoms with Crippen molar-refractivity contribution < 1.29 is 4.74 Å². The van der Waals surface area contributed by atoms with Crippen LogP contribution in [0.5, 0.6) is 0 Å². The Kier molecular flexibility index (Phi) is 2.39. The first kappa shape index (κ1) is 7.21. The third-order valence-corrected chi connectivity index (χ3v) is 1.07. The van der Waals surface area contributed by atoms with Crippen molar-refractivity contribution in [3.63, 3.8) is 0 Å². The second-order valence-corrected chi connectivity index (χ2v) is 1.87. The first-order valence-corrected chi connectivity index (χ1v) is 3.03. The van der Waals surface area contributed by atoms with Crippen LogP contribution in [0.2, 0.25) is 0 Å².